The van der Waals surface area contributed by atoms with Crippen molar-refractivity contribution in [3.63, 3.8) is 0 Å². The van der Waals surface area contributed by atoms with Gasteiger partial charge in [-0.25, -0.2) is 4.98 Å². The number of fused-ring (bicyclic) bond motifs is 2. The molecule has 3 heterocycles. The average Bonchev–Trinajstić information content (AvgIpc) is 3.21. The van der Waals surface area contributed by atoms with E-state index in [1.54, 1.807) is 22.5 Å². The molecule has 0 atom stereocenters. The van der Waals surface area contributed by atoms with Crippen molar-refractivity contribution in [1.82, 2.24) is 19.6 Å². The van der Waals surface area contributed by atoms with Gasteiger partial charge in [-0.3, -0.25) is 0 Å². The second-order valence-electron chi connectivity index (χ2n) is 8.50. The van der Waals surface area contributed by atoms with Crippen LogP contribution in [0.2, 0.25) is 5.02 Å². The highest BCUT2D eigenvalue weighted by Gasteiger charge is 2.13. The van der Waals surface area contributed by atoms with Crippen LogP contribution in [0.1, 0.15) is 17.5 Å². The van der Waals surface area contributed by atoms with E-state index in [1.165, 1.54) is 0 Å². The summed E-state index contributed by atoms with van der Waals surface area (Å²) >= 11 is 7.51. The number of halogens is 1. The first-order valence-electron chi connectivity index (χ1n) is 11.9. The smallest absolute Gasteiger partial charge is 0.253 e. The second kappa shape index (κ2) is 10.7. The zero-order valence-corrected chi connectivity index (χ0v) is 21.4. The zero-order valence-electron chi connectivity index (χ0n) is 19.8. The molecule has 0 aliphatic carbocycles. The number of nitrogens with zero attached hydrogens (tertiary/aromatic N) is 4. The van der Waals surface area contributed by atoms with Crippen molar-refractivity contribution in [2.24, 2.45) is 0 Å². The number of benzene rings is 3. The fraction of sp³-hybridized carbons (Fsp3) is 0.179. The maximum Gasteiger partial charge on any atom is 0.253 e. The number of hydrogen-bond donors (Lipinski definition) is 0. The summed E-state index contributed by atoms with van der Waals surface area (Å²) in [6, 6.07) is 23.6. The zero-order chi connectivity index (χ0) is 25.0. The highest BCUT2D eigenvalue weighted by atomic mass is 35.5. The Bertz CT molecular complexity index is 1520. The minimum atomic E-state index is 0.475. The maximum absolute atomic E-state index is 5.95. The second-order valence-corrected chi connectivity index (χ2v) is 9.87. The third-order valence-electron chi connectivity index (χ3n) is 5.87. The van der Waals surface area contributed by atoms with Crippen LogP contribution in [0.15, 0.2) is 84.1 Å². The van der Waals surface area contributed by atoms with Gasteiger partial charge in [-0.2, -0.15) is 9.50 Å². The van der Waals surface area contributed by atoms with Crippen LogP contribution in [0.5, 0.6) is 17.2 Å². The van der Waals surface area contributed by atoms with Crippen molar-refractivity contribution in [2.75, 3.05) is 13.2 Å². The SMILES string of the molecule is Clc1ccc(COc2ccc(-c3ccnc4nc(SCc5ccc6c(c5)OCCCO6)nn34)cc2)cc1. The van der Waals surface area contributed by atoms with Crippen LogP contribution in [0.3, 0.4) is 0 Å². The van der Waals surface area contributed by atoms with E-state index < -0.39 is 0 Å². The Hall–Kier alpha value is -3.75. The predicted octanol–water partition coefficient (Wildman–Crippen LogP) is 6.48. The monoisotopic (exact) mass is 530 g/mol. The van der Waals surface area contributed by atoms with Gasteiger partial charge >= 0.3 is 0 Å². The van der Waals surface area contributed by atoms with Crippen molar-refractivity contribution in [1.29, 1.82) is 0 Å². The number of rotatable bonds is 7. The van der Waals surface area contributed by atoms with Crippen LogP contribution in [0.25, 0.3) is 17.0 Å². The summed E-state index contributed by atoms with van der Waals surface area (Å²) in [5.74, 6) is 3.65. The van der Waals surface area contributed by atoms with Gasteiger partial charge in [-0.05, 0) is 65.7 Å². The molecule has 0 radical (unpaired) electrons. The normalized spacial score (nSPS) is 12.9. The maximum atomic E-state index is 5.95. The lowest BCUT2D eigenvalue weighted by atomic mass is 10.1. The molecule has 0 unspecified atom stereocenters. The van der Waals surface area contributed by atoms with E-state index in [1.807, 2.05) is 66.7 Å². The van der Waals surface area contributed by atoms with Crippen molar-refractivity contribution in [3.05, 3.63) is 95.1 Å². The Morgan fingerprint density at radius 2 is 1.68 bits per heavy atom. The molecule has 3 aromatic carbocycles. The van der Waals surface area contributed by atoms with Crippen LogP contribution < -0.4 is 14.2 Å². The van der Waals surface area contributed by atoms with Gasteiger partial charge in [0.2, 0.25) is 5.16 Å². The van der Waals surface area contributed by atoms with Crippen LogP contribution in [0.4, 0.5) is 0 Å². The van der Waals surface area contributed by atoms with Gasteiger partial charge < -0.3 is 14.2 Å². The average molecular weight is 531 g/mol. The molecule has 5 aromatic rings. The fourth-order valence-corrected chi connectivity index (χ4v) is 4.86. The Labute approximate surface area is 223 Å². The molecule has 0 fully saturated rings. The van der Waals surface area contributed by atoms with Crippen molar-refractivity contribution >= 4 is 29.1 Å². The topological polar surface area (TPSA) is 70.8 Å². The Kier molecular flexibility index (Phi) is 6.84. The molecule has 1 aliphatic rings. The molecule has 37 heavy (non-hydrogen) atoms. The molecule has 0 spiro atoms. The molecule has 0 saturated carbocycles. The Morgan fingerprint density at radius 3 is 2.51 bits per heavy atom. The van der Waals surface area contributed by atoms with E-state index in [0.29, 0.717) is 41.5 Å². The van der Waals surface area contributed by atoms with Gasteiger partial charge in [-0.1, -0.05) is 41.6 Å². The van der Waals surface area contributed by atoms with Gasteiger partial charge in [-0.15, -0.1) is 5.10 Å². The Morgan fingerprint density at radius 1 is 0.892 bits per heavy atom. The fourth-order valence-electron chi connectivity index (χ4n) is 3.97. The van der Waals surface area contributed by atoms with Gasteiger partial charge in [0.25, 0.3) is 5.78 Å². The van der Waals surface area contributed by atoms with Crippen molar-refractivity contribution in [2.45, 2.75) is 23.9 Å². The summed E-state index contributed by atoms with van der Waals surface area (Å²) in [5.41, 5.74) is 4.08. The molecular weight excluding hydrogens is 508 g/mol. The van der Waals surface area contributed by atoms with E-state index in [4.69, 9.17) is 30.9 Å². The van der Waals surface area contributed by atoms with Gasteiger partial charge in [0.1, 0.15) is 12.4 Å². The van der Waals surface area contributed by atoms with Crippen LogP contribution in [-0.4, -0.2) is 32.8 Å². The highest BCUT2D eigenvalue weighted by molar-refractivity contribution is 7.98. The number of ether oxygens (including phenoxy) is 3. The van der Waals surface area contributed by atoms with E-state index in [0.717, 1.165) is 46.1 Å². The minimum absolute atomic E-state index is 0.475. The summed E-state index contributed by atoms with van der Waals surface area (Å²) in [4.78, 5) is 9.02. The molecular formula is C28H23ClN4O3S. The lowest BCUT2D eigenvalue weighted by Crippen LogP contribution is -1.97. The molecule has 6 rings (SSSR count). The first-order valence-corrected chi connectivity index (χ1v) is 13.3. The van der Waals surface area contributed by atoms with Crippen LogP contribution >= 0.6 is 23.4 Å². The van der Waals surface area contributed by atoms with Gasteiger partial charge in [0, 0.05) is 29.0 Å². The number of thioether (sulfide) groups is 1. The van der Waals surface area contributed by atoms with Gasteiger partial charge in [0.15, 0.2) is 11.5 Å². The van der Waals surface area contributed by atoms with Crippen LogP contribution in [0, 0.1) is 0 Å². The molecule has 0 amide bonds. The van der Waals surface area contributed by atoms with Crippen molar-refractivity contribution < 1.29 is 14.2 Å². The molecule has 0 saturated heterocycles. The molecule has 9 heteroatoms. The van der Waals surface area contributed by atoms with Gasteiger partial charge in [0.05, 0.1) is 18.9 Å². The molecule has 2 aromatic heterocycles. The van der Waals surface area contributed by atoms with E-state index in [2.05, 4.69) is 16.0 Å². The summed E-state index contributed by atoms with van der Waals surface area (Å²) in [6.07, 6.45) is 2.64. The van der Waals surface area contributed by atoms with Crippen LogP contribution in [-0.2, 0) is 12.4 Å². The predicted molar refractivity (Wildman–Crippen MR) is 144 cm³/mol. The van der Waals surface area contributed by atoms with E-state index in [-0.39, 0.29) is 0 Å². The lowest BCUT2D eigenvalue weighted by molar-refractivity contribution is 0.297. The van der Waals surface area contributed by atoms with E-state index in [9.17, 15) is 0 Å². The number of aromatic nitrogens is 4. The first-order chi connectivity index (χ1) is 18.2. The lowest BCUT2D eigenvalue weighted by Gasteiger charge is -2.08. The quantitative estimate of drug-likeness (QED) is 0.223. The molecule has 0 N–H and O–H groups in total. The first kappa shape index (κ1) is 23.6. The standard InChI is InChI=1S/C28H23ClN4O3S/c29-22-7-2-19(3-8-22)17-36-23-9-5-21(6-10-23)24-12-13-30-27-31-28(32-33(24)27)37-18-20-4-11-25-26(16-20)35-15-1-14-34-25/h2-13,16H,1,14-15,17-18H2. The third-order valence-corrected chi connectivity index (χ3v) is 7.03. The third kappa shape index (κ3) is 5.50. The molecule has 7 nitrogen and oxygen atoms in total. The largest absolute Gasteiger partial charge is 0.490 e. The number of hydrogen-bond acceptors (Lipinski definition) is 7. The molecule has 186 valence electrons. The van der Waals surface area contributed by atoms with Crippen molar-refractivity contribution in [3.8, 4) is 28.5 Å². The highest BCUT2D eigenvalue weighted by Crippen LogP contribution is 2.32. The Balaban J connectivity index is 1.15. The molecule has 1 aliphatic heterocycles. The summed E-state index contributed by atoms with van der Waals surface area (Å²) in [6.45, 7) is 1.82. The van der Waals surface area contributed by atoms with E-state index >= 15 is 0 Å². The summed E-state index contributed by atoms with van der Waals surface area (Å²) < 4.78 is 19.2. The summed E-state index contributed by atoms with van der Waals surface area (Å²) in [5, 5.41) is 6.10. The minimum Gasteiger partial charge on any atom is -0.490 e. The summed E-state index contributed by atoms with van der Waals surface area (Å²) in [7, 11) is 0. The molecule has 0 bridgehead atoms.